The number of nitro benzene ring substituents is 1. The first-order chi connectivity index (χ1) is 15.5. The zero-order chi connectivity index (χ0) is 22.5. The molecule has 0 saturated carbocycles. The number of hydrogen-bond donors (Lipinski definition) is 0. The van der Waals surface area contributed by atoms with Crippen molar-refractivity contribution in [2.75, 3.05) is 0 Å². The fourth-order valence-electron chi connectivity index (χ4n) is 3.05. The Bertz CT molecular complexity index is 1200. The third kappa shape index (κ3) is 5.19. The van der Waals surface area contributed by atoms with Crippen LogP contribution in [0.4, 0.5) is 5.69 Å². The van der Waals surface area contributed by atoms with Crippen LogP contribution in [-0.2, 0) is 17.9 Å². The molecule has 0 N–H and O–H groups in total. The molecule has 160 valence electrons. The standard InChI is InChI=1S/C23H17N3O4S2/c27-22-21(32-23(31)25(22)14-18-4-2-10-24-13-18)12-16-6-8-20(9-7-16)30-15-17-3-1-5-19(11-17)26(28)29/h1-13H,14-15H2/b21-12-. The Morgan fingerprint density at radius 3 is 2.62 bits per heavy atom. The van der Waals surface area contributed by atoms with Crippen molar-refractivity contribution in [2.24, 2.45) is 0 Å². The van der Waals surface area contributed by atoms with Crippen LogP contribution in [0.5, 0.6) is 5.75 Å². The zero-order valence-electron chi connectivity index (χ0n) is 16.7. The summed E-state index contributed by atoms with van der Waals surface area (Å²) in [5, 5.41) is 10.9. The minimum absolute atomic E-state index is 0.0299. The van der Waals surface area contributed by atoms with Crippen LogP contribution in [0.25, 0.3) is 6.08 Å². The van der Waals surface area contributed by atoms with E-state index >= 15 is 0 Å². The van der Waals surface area contributed by atoms with Gasteiger partial charge in [-0.05, 0) is 41.0 Å². The van der Waals surface area contributed by atoms with Crippen LogP contribution in [0, 0.1) is 10.1 Å². The highest BCUT2D eigenvalue weighted by molar-refractivity contribution is 8.26. The van der Waals surface area contributed by atoms with E-state index in [1.807, 2.05) is 24.3 Å². The molecule has 0 unspecified atom stereocenters. The maximum Gasteiger partial charge on any atom is 0.269 e. The van der Waals surface area contributed by atoms with E-state index in [9.17, 15) is 14.9 Å². The van der Waals surface area contributed by atoms with Crippen molar-refractivity contribution in [3.05, 3.63) is 105 Å². The summed E-state index contributed by atoms with van der Waals surface area (Å²) in [6, 6.07) is 17.3. The number of pyridine rings is 1. The monoisotopic (exact) mass is 463 g/mol. The number of amides is 1. The topological polar surface area (TPSA) is 85.6 Å². The molecule has 0 spiro atoms. The summed E-state index contributed by atoms with van der Waals surface area (Å²) in [6.07, 6.45) is 5.20. The van der Waals surface area contributed by atoms with Gasteiger partial charge >= 0.3 is 0 Å². The molecule has 0 bridgehead atoms. The highest BCUT2D eigenvalue weighted by atomic mass is 32.2. The van der Waals surface area contributed by atoms with E-state index in [0.29, 0.717) is 27.1 Å². The molecule has 0 radical (unpaired) electrons. The van der Waals surface area contributed by atoms with Gasteiger partial charge in [-0.25, -0.2) is 0 Å². The van der Waals surface area contributed by atoms with Crippen LogP contribution in [-0.4, -0.2) is 25.0 Å². The lowest BCUT2D eigenvalue weighted by Gasteiger charge is -2.13. The van der Waals surface area contributed by atoms with Crippen LogP contribution in [0.2, 0.25) is 0 Å². The summed E-state index contributed by atoms with van der Waals surface area (Å²) in [6.45, 7) is 0.605. The van der Waals surface area contributed by atoms with Crippen molar-refractivity contribution < 1.29 is 14.5 Å². The molecule has 1 amide bonds. The number of non-ortho nitro benzene ring substituents is 1. The Hall–Kier alpha value is -3.56. The number of carbonyl (C=O) groups is 1. The van der Waals surface area contributed by atoms with Gasteiger partial charge in [-0.15, -0.1) is 0 Å². The third-order valence-electron chi connectivity index (χ3n) is 4.64. The number of benzene rings is 2. The molecule has 1 aliphatic heterocycles. The molecule has 4 rings (SSSR count). The number of ether oxygens (including phenoxy) is 1. The molecule has 1 fully saturated rings. The lowest BCUT2D eigenvalue weighted by Crippen LogP contribution is -2.27. The summed E-state index contributed by atoms with van der Waals surface area (Å²) in [5.74, 6) is 0.493. The van der Waals surface area contributed by atoms with Crippen molar-refractivity contribution in [1.82, 2.24) is 9.88 Å². The molecule has 0 aliphatic carbocycles. The van der Waals surface area contributed by atoms with Crippen LogP contribution < -0.4 is 4.74 Å². The van der Waals surface area contributed by atoms with E-state index < -0.39 is 4.92 Å². The second-order valence-electron chi connectivity index (χ2n) is 6.91. The average molecular weight is 464 g/mol. The predicted octanol–water partition coefficient (Wildman–Crippen LogP) is 4.97. The number of hydrogen-bond acceptors (Lipinski definition) is 7. The number of carbonyl (C=O) groups excluding carboxylic acids is 1. The third-order valence-corrected chi connectivity index (χ3v) is 6.02. The van der Waals surface area contributed by atoms with Gasteiger partial charge in [0.15, 0.2) is 0 Å². The first-order valence-electron chi connectivity index (χ1n) is 9.60. The lowest BCUT2D eigenvalue weighted by molar-refractivity contribution is -0.384. The van der Waals surface area contributed by atoms with Gasteiger partial charge in [0.05, 0.1) is 16.4 Å². The first kappa shape index (κ1) is 21.7. The molecule has 9 heteroatoms. The first-order valence-corrected chi connectivity index (χ1v) is 10.8. The number of thioether (sulfide) groups is 1. The van der Waals surface area contributed by atoms with E-state index in [1.54, 1.807) is 47.6 Å². The summed E-state index contributed by atoms with van der Waals surface area (Å²) in [7, 11) is 0. The normalized spacial score (nSPS) is 14.8. The van der Waals surface area contributed by atoms with E-state index in [-0.39, 0.29) is 18.2 Å². The minimum atomic E-state index is -0.433. The molecule has 1 aliphatic rings. The Balaban J connectivity index is 1.39. The number of rotatable bonds is 7. The van der Waals surface area contributed by atoms with Gasteiger partial charge in [-0.1, -0.05) is 54.3 Å². The fraction of sp³-hybridized carbons (Fsp3) is 0.0870. The summed E-state index contributed by atoms with van der Waals surface area (Å²) >= 11 is 6.66. The van der Waals surface area contributed by atoms with Crippen molar-refractivity contribution in [2.45, 2.75) is 13.2 Å². The number of aromatic nitrogens is 1. The SMILES string of the molecule is O=C1/C(=C/c2ccc(OCc3cccc([N+](=O)[O-])c3)cc2)SC(=S)N1Cc1cccnc1. The van der Waals surface area contributed by atoms with Crippen LogP contribution in [0.3, 0.4) is 0 Å². The van der Waals surface area contributed by atoms with Gasteiger partial charge in [-0.3, -0.25) is 24.8 Å². The smallest absolute Gasteiger partial charge is 0.269 e. The van der Waals surface area contributed by atoms with Crippen LogP contribution in [0.1, 0.15) is 16.7 Å². The molecule has 32 heavy (non-hydrogen) atoms. The van der Waals surface area contributed by atoms with Crippen molar-refractivity contribution in [1.29, 1.82) is 0 Å². The average Bonchev–Trinajstić information content (AvgIpc) is 3.07. The predicted molar refractivity (Wildman–Crippen MR) is 127 cm³/mol. The second-order valence-corrected chi connectivity index (χ2v) is 8.59. The van der Waals surface area contributed by atoms with E-state index in [2.05, 4.69) is 4.98 Å². The molecule has 2 heterocycles. The summed E-state index contributed by atoms with van der Waals surface area (Å²) in [5.41, 5.74) is 2.49. The van der Waals surface area contributed by atoms with Gasteiger partial charge in [0, 0.05) is 24.5 Å². The Morgan fingerprint density at radius 2 is 1.91 bits per heavy atom. The second kappa shape index (κ2) is 9.71. The van der Waals surface area contributed by atoms with Gasteiger partial charge < -0.3 is 4.74 Å². The number of nitrogens with zero attached hydrogens (tertiary/aromatic N) is 3. The molecule has 1 saturated heterocycles. The van der Waals surface area contributed by atoms with Crippen LogP contribution >= 0.6 is 24.0 Å². The zero-order valence-corrected chi connectivity index (χ0v) is 18.3. The maximum atomic E-state index is 12.8. The van der Waals surface area contributed by atoms with Crippen molar-refractivity contribution in [3.8, 4) is 5.75 Å². The molecule has 7 nitrogen and oxygen atoms in total. The quantitative estimate of drug-likeness (QED) is 0.212. The molecule has 2 aromatic carbocycles. The van der Waals surface area contributed by atoms with Crippen molar-refractivity contribution >= 4 is 46.0 Å². The van der Waals surface area contributed by atoms with Crippen LogP contribution in [0.15, 0.2) is 78.0 Å². The molecule has 0 atom stereocenters. The molecule has 1 aromatic heterocycles. The lowest BCUT2D eigenvalue weighted by atomic mass is 10.2. The minimum Gasteiger partial charge on any atom is -0.489 e. The molecular formula is C23H17N3O4S2. The highest BCUT2D eigenvalue weighted by Crippen LogP contribution is 2.33. The van der Waals surface area contributed by atoms with Gasteiger partial charge in [0.25, 0.3) is 11.6 Å². The highest BCUT2D eigenvalue weighted by Gasteiger charge is 2.31. The largest absolute Gasteiger partial charge is 0.489 e. The summed E-state index contributed by atoms with van der Waals surface area (Å²) in [4.78, 5) is 29.4. The maximum absolute atomic E-state index is 12.8. The van der Waals surface area contributed by atoms with E-state index in [4.69, 9.17) is 17.0 Å². The summed E-state index contributed by atoms with van der Waals surface area (Å²) < 4.78 is 6.24. The van der Waals surface area contributed by atoms with E-state index in [1.165, 1.54) is 23.9 Å². The Labute approximate surface area is 193 Å². The van der Waals surface area contributed by atoms with Crippen molar-refractivity contribution in [3.63, 3.8) is 0 Å². The fourth-order valence-corrected chi connectivity index (χ4v) is 4.30. The Kier molecular flexibility index (Phi) is 6.58. The van der Waals surface area contributed by atoms with E-state index in [0.717, 1.165) is 11.1 Å². The van der Waals surface area contributed by atoms with Gasteiger partial charge in [0.1, 0.15) is 16.7 Å². The number of nitro groups is 1. The van der Waals surface area contributed by atoms with Gasteiger partial charge in [0.2, 0.25) is 0 Å². The molecule has 3 aromatic rings. The molecular weight excluding hydrogens is 446 g/mol. The van der Waals surface area contributed by atoms with Gasteiger partial charge in [-0.2, -0.15) is 0 Å². The Morgan fingerprint density at radius 1 is 1.12 bits per heavy atom. The number of thiocarbonyl (C=S) groups is 1.